The smallest absolute Gasteiger partial charge is 0.219 e. The highest BCUT2D eigenvalue weighted by Gasteiger charge is 2.22. The van der Waals surface area contributed by atoms with E-state index in [0.29, 0.717) is 13.1 Å². The van der Waals surface area contributed by atoms with Crippen LogP contribution < -0.4 is 0 Å². The van der Waals surface area contributed by atoms with Gasteiger partial charge in [-0.3, -0.25) is 4.79 Å². The number of carbonyl (C=O) groups is 1. The molecule has 0 atom stereocenters. The summed E-state index contributed by atoms with van der Waals surface area (Å²) in [6, 6.07) is 9.89. The lowest BCUT2D eigenvalue weighted by Gasteiger charge is -2.30. The van der Waals surface area contributed by atoms with Crippen molar-refractivity contribution in [1.82, 2.24) is 4.90 Å². The number of carbonyl (C=O) groups excluding carboxylic acids is 1. The van der Waals surface area contributed by atoms with E-state index in [4.69, 9.17) is 0 Å². The van der Waals surface area contributed by atoms with Gasteiger partial charge in [0.15, 0.2) is 0 Å². The lowest BCUT2D eigenvalue weighted by molar-refractivity contribution is -0.131. The fourth-order valence-corrected chi connectivity index (χ4v) is 1.65. The number of rotatable bonds is 5. The first kappa shape index (κ1) is 13.7. The second-order valence-corrected chi connectivity index (χ2v) is 5.18. The number of aliphatic hydroxyl groups is 1. The van der Waals surface area contributed by atoms with Crippen LogP contribution in [0, 0.1) is 5.41 Å². The Kier molecular flexibility index (Phi) is 4.70. The molecule has 0 heterocycles. The maximum absolute atomic E-state index is 11.6. The van der Waals surface area contributed by atoms with Gasteiger partial charge in [-0.1, -0.05) is 44.2 Å². The Bertz CT molecular complexity index is 360. The Balaban J connectivity index is 2.71. The summed E-state index contributed by atoms with van der Waals surface area (Å²) in [6.07, 6.45) is 0. The molecule has 1 aromatic carbocycles. The van der Waals surface area contributed by atoms with Crippen molar-refractivity contribution in [2.24, 2.45) is 5.41 Å². The zero-order valence-corrected chi connectivity index (χ0v) is 10.8. The highest BCUT2D eigenvalue weighted by atomic mass is 16.3. The van der Waals surface area contributed by atoms with E-state index in [1.54, 1.807) is 11.8 Å². The Labute approximate surface area is 103 Å². The maximum Gasteiger partial charge on any atom is 0.219 e. The van der Waals surface area contributed by atoms with Gasteiger partial charge in [0.1, 0.15) is 0 Å². The minimum Gasteiger partial charge on any atom is -0.396 e. The summed E-state index contributed by atoms with van der Waals surface area (Å²) in [6.45, 7) is 6.71. The number of amides is 1. The van der Waals surface area contributed by atoms with Gasteiger partial charge in [0.05, 0.1) is 0 Å². The van der Waals surface area contributed by atoms with Crippen LogP contribution in [0.15, 0.2) is 30.3 Å². The van der Waals surface area contributed by atoms with E-state index >= 15 is 0 Å². The van der Waals surface area contributed by atoms with E-state index in [1.165, 1.54) is 0 Å². The number of hydrogen-bond acceptors (Lipinski definition) is 2. The van der Waals surface area contributed by atoms with Crippen LogP contribution in [0.3, 0.4) is 0 Å². The van der Waals surface area contributed by atoms with Crippen LogP contribution in [0.4, 0.5) is 0 Å². The summed E-state index contributed by atoms with van der Waals surface area (Å²) in [5.41, 5.74) is 0.844. The summed E-state index contributed by atoms with van der Waals surface area (Å²) >= 11 is 0. The first-order valence-electron chi connectivity index (χ1n) is 5.85. The SMILES string of the molecule is CC(=O)N(Cc1ccccc1)CC(C)(C)CO. The fourth-order valence-electron chi connectivity index (χ4n) is 1.65. The number of benzene rings is 1. The molecule has 3 heteroatoms. The van der Waals surface area contributed by atoms with E-state index in [0.717, 1.165) is 5.56 Å². The van der Waals surface area contributed by atoms with Crippen LogP contribution >= 0.6 is 0 Å². The molecule has 0 aliphatic heterocycles. The van der Waals surface area contributed by atoms with Gasteiger partial charge < -0.3 is 10.0 Å². The van der Waals surface area contributed by atoms with E-state index < -0.39 is 0 Å². The Morgan fingerprint density at radius 3 is 2.35 bits per heavy atom. The largest absolute Gasteiger partial charge is 0.396 e. The van der Waals surface area contributed by atoms with Gasteiger partial charge in [0.2, 0.25) is 5.91 Å². The number of hydrogen-bond donors (Lipinski definition) is 1. The van der Waals surface area contributed by atoms with Crippen LogP contribution in [-0.2, 0) is 11.3 Å². The Hall–Kier alpha value is -1.35. The van der Waals surface area contributed by atoms with Crippen LogP contribution in [0.1, 0.15) is 26.3 Å². The first-order valence-corrected chi connectivity index (χ1v) is 5.85. The molecule has 1 aromatic rings. The molecule has 1 rings (SSSR count). The highest BCUT2D eigenvalue weighted by molar-refractivity contribution is 5.73. The van der Waals surface area contributed by atoms with Crippen molar-refractivity contribution in [3.63, 3.8) is 0 Å². The number of nitrogens with zero attached hydrogens (tertiary/aromatic N) is 1. The van der Waals surface area contributed by atoms with Gasteiger partial charge in [-0.05, 0) is 5.56 Å². The summed E-state index contributed by atoms with van der Waals surface area (Å²) in [4.78, 5) is 13.4. The minimum absolute atomic E-state index is 0.0374. The van der Waals surface area contributed by atoms with E-state index in [-0.39, 0.29) is 17.9 Å². The van der Waals surface area contributed by atoms with Gasteiger partial charge in [-0.2, -0.15) is 0 Å². The first-order chi connectivity index (χ1) is 7.94. The van der Waals surface area contributed by atoms with E-state index in [9.17, 15) is 9.90 Å². The molecule has 0 spiro atoms. The third kappa shape index (κ3) is 4.57. The van der Waals surface area contributed by atoms with Crippen molar-refractivity contribution in [3.8, 4) is 0 Å². The average Bonchev–Trinajstić information content (AvgIpc) is 2.29. The van der Waals surface area contributed by atoms with Gasteiger partial charge in [-0.15, -0.1) is 0 Å². The van der Waals surface area contributed by atoms with Crippen molar-refractivity contribution in [2.75, 3.05) is 13.2 Å². The second-order valence-electron chi connectivity index (χ2n) is 5.18. The normalized spacial score (nSPS) is 11.3. The molecule has 0 aliphatic carbocycles. The molecule has 1 amide bonds. The monoisotopic (exact) mass is 235 g/mol. The zero-order valence-electron chi connectivity index (χ0n) is 10.8. The van der Waals surface area contributed by atoms with Gasteiger partial charge >= 0.3 is 0 Å². The maximum atomic E-state index is 11.6. The van der Waals surface area contributed by atoms with Crippen LogP contribution in [0.5, 0.6) is 0 Å². The lowest BCUT2D eigenvalue weighted by atomic mass is 9.94. The topological polar surface area (TPSA) is 40.5 Å². The molecule has 0 saturated heterocycles. The third-order valence-electron chi connectivity index (χ3n) is 2.71. The van der Waals surface area contributed by atoms with Crippen LogP contribution in [-0.4, -0.2) is 29.1 Å². The molecular weight excluding hydrogens is 214 g/mol. The van der Waals surface area contributed by atoms with E-state index in [2.05, 4.69) is 0 Å². The molecule has 0 unspecified atom stereocenters. The Morgan fingerprint density at radius 1 is 1.29 bits per heavy atom. The summed E-state index contributed by atoms with van der Waals surface area (Å²) < 4.78 is 0. The zero-order chi connectivity index (χ0) is 12.9. The van der Waals surface area contributed by atoms with Crippen LogP contribution in [0.2, 0.25) is 0 Å². The molecule has 94 valence electrons. The molecule has 3 nitrogen and oxygen atoms in total. The molecule has 0 bridgehead atoms. The molecule has 17 heavy (non-hydrogen) atoms. The molecular formula is C14H21NO2. The minimum atomic E-state index is -0.263. The molecule has 0 aliphatic rings. The van der Waals surface area contributed by atoms with Gasteiger partial charge in [0, 0.05) is 32.0 Å². The van der Waals surface area contributed by atoms with Crippen molar-refractivity contribution in [2.45, 2.75) is 27.3 Å². The summed E-state index contributed by atoms with van der Waals surface area (Å²) in [5.74, 6) is 0.0374. The van der Waals surface area contributed by atoms with Crippen LogP contribution in [0.25, 0.3) is 0 Å². The summed E-state index contributed by atoms with van der Waals surface area (Å²) in [5, 5.41) is 9.25. The van der Waals surface area contributed by atoms with Gasteiger partial charge in [-0.25, -0.2) is 0 Å². The van der Waals surface area contributed by atoms with Crippen molar-refractivity contribution in [3.05, 3.63) is 35.9 Å². The molecule has 1 N–H and O–H groups in total. The van der Waals surface area contributed by atoms with E-state index in [1.807, 2.05) is 44.2 Å². The van der Waals surface area contributed by atoms with Gasteiger partial charge in [0.25, 0.3) is 0 Å². The molecule has 0 saturated carbocycles. The lowest BCUT2D eigenvalue weighted by Crippen LogP contribution is -2.38. The second kappa shape index (κ2) is 5.82. The van der Waals surface area contributed by atoms with Crippen molar-refractivity contribution in [1.29, 1.82) is 0 Å². The average molecular weight is 235 g/mol. The quantitative estimate of drug-likeness (QED) is 0.848. The standard InChI is InChI=1S/C14H21NO2/c1-12(17)15(10-14(2,3)11-16)9-13-7-5-4-6-8-13/h4-8,16H,9-11H2,1-3H3. The number of aliphatic hydroxyl groups excluding tert-OH is 1. The Morgan fingerprint density at radius 2 is 1.88 bits per heavy atom. The predicted molar refractivity (Wildman–Crippen MR) is 68.4 cm³/mol. The predicted octanol–water partition coefficient (Wildman–Crippen LogP) is 2.05. The highest BCUT2D eigenvalue weighted by Crippen LogP contribution is 2.17. The molecule has 0 fully saturated rings. The third-order valence-corrected chi connectivity index (χ3v) is 2.71. The fraction of sp³-hybridized carbons (Fsp3) is 0.500. The van der Waals surface area contributed by atoms with Crippen molar-refractivity contribution < 1.29 is 9.90 Å². The summed E-state index contributed by atoms with van der Waals surface area (Å²) in [7, 11) is 0. The molecule has 0 radical (unpaired) electrons. The molecule has 0 aromatic heterocycles. The van der Waals surface area contributed by atoms with Crippen molar-refractivity contribution >= 4 is 5.91 Å².